The van der Waals surface area contributed by atoms with E-state index in [4.69, 9.17) is 4.42 Å². The minimum atomic E-state index is 0.196. The number of rotatable bonds is 3. The van der Waals surface area contributed by atoms with Crippen LogP contribution in [0.4, 0.5) is 0 Å². The highest BCUT2D eigenvalue weighted by Crippen LogP contribution is 2.39. The zero-order chi connectivity index (χ0) is 18.8. The molecule has 0 spiro atoms. The van der Waals surface area contributed by atoms with Crippen LogP contribution in [0.25, 0.3) is 0 Å². The molecule has 2 fully saturated rings. The Labute approximate surface area is 161 Å². The van der Waals surface area contributed by atoms with Crippen LogP contribution in [-0.4, -0.2) is 45.9 Å². The van der Waals surface area contributed by atoms with Gasteiger partial charge in [-0.15, -0.1) is 0 Å². The molecular weight excluding hydrogens is 338 g/mol. The van der Waals surface area contributed by atoms with E-state index in [0.717, 1.165) is 31.7 Å². The van der Waals surface area contributed by atoms with Crippen molar-refractivity contribution < 1.29 is 9.21 Å². The monoisotopic (exact) mass is 367 g/mol. The molecule has 0 bridgehead atoms. The first-order valence-corrected chi connectivity index (χ1v) is 10.1. The molecule has 2 aliphatic rings. The fourth-order valence-corrected chi connectivity index (χ4v) is 4.96. The summed E-state index contributed by atoms with van der Waals surface area (Å²) in [5, 5.41) is 0. The van der Waals surface area contributed by atoms with Crippen molar-refractivity contribution in [2.75, 3.05) is 13.1 Å². The van der Waals surface area contributed by atoms with Crippen molar-refractivity contribution in [1.82, 2.24) is 14.8 Å². The van der Waals surface area contributed by atoms with Gasteiger partial charge in [-0.25, -0.2) is 4.98 Å². The van der Waals surface area contributed by atoms with Gasteiger partial charge in [-0.3, -0.25) is 9.69 Å². The van der Waals surface area contributed by atoms with E-state index in [2.05, 4.69) is 45.1 Å². The van der Waals surface area contributed by atoms with Crippen molar-refractivity contribution in [1.29, 1.82) is 0 Å². The van der Waals surface area contributed by atoms with Crippen LogP contribution in [0.2, 0.25) is 0 Å². The molecule has 5 heteroatoms. The van der Waals surface area contributed by atoms with Crippen molar-refractivity contribution in [3.05, 3.63) is 53.7 Å². The second kappa shape index (κ2) is 7.85. The van der Waals surface area contributed by atoms with Crippen LogP contribution >= 0.6 is 0 Å². The summed E-state index contributed by atoms with van der Waals surface area (Å²) in [6, 6.07) is 11.3. The van der Waals surface area contributed by atoms with Crippen molar-refractivity contribution in [2.45, 2.75) is 64.1 Å². The largest absolute Gasteiger partial charge is 0.449 e. The Morgan fingerprint density at radius 1 is 1.22 bits per heavy atom. The molecule has 4 rings (SSSR count). The predicted octanol–water partition coefficient (Wildman–Crippen LogP) is 3.74. The lowest BCUT2D eigenvalue weighted by Crippen LogP contribution is -2.48. The van der Waals surface area contributed by atoms with Crippen molar-refractivity contribution in [3.8, 4) is 0 Å². The fraction of sp³-hybridized carbons (Fsp3) is 0.545. The summed E-state index contributed by atoms with van der Waals surface area (Å²) in [4.78, 5) is 21.6. The zero-order valence-corrected chi connectivity index (χ0v) is 16.3. The van der Waals surface area contributed by atoms with E-state index in [1.165, 1.54) is 24.8 Å². The summed E-state index contributed by atoms with van der Waals surface area (Å²) in [6.07, 6.45) is 6.48. The second-order valence-electron chi connectivity index (χ2n) is 7.92. The lowest BCUT2D eigenvalue weighted by atomic mass is 9.87. The third kappa shape index (κ3) is 3.79. The molecule has 1 amide bonds. The zero-order valence-electron chi connectivity index (χ0n) is 16.3. The number of carbonyl (C=O) groups excluding carboxylic acids is 1. The number of oxazole rings is 1. The molecular formula is C22H29N3O2. The Kier molecular flexibility index (Phi) is 5.30. The molecule has 27 heavy (non-hydrogen) atoms. The first kappa shape index (κ1) is 18.2. The first-order chi connectivity index (χ1) is 13.1. The number of carbonyl (C=O) groups is 1. The smallest absolute Gasteiger partial charge is 0.219 e. The van der Waals surface area contributed by atoms with Crippen LogP contribution in [0.15, 0.2) is 41.0 Å². The average molecular weight is 367 g/mol. The van der Waals surface area contributed by atoms with Crippen LogP contribution < -0.4 is 0 Å². The third-order valence-corrected chi connectivity index (χ3v) is 6.13. The molecule has 3 atom stereocenters. The van der Waals surface area contributed by atoms with Crippen molar-refractivity contribution in [3.63, 3.8) is 0 Å². The van der Waals surface area contributed by atoms with Gasteiger partial charge < -0.3 is 9.32 Å². The molecule has 5 nitrogen and oxygen atoms in total. The van der Waals surface area contributed by atoms with E-state index in [1.54, 1.807) is 13.2 Å². The van der Waals surface area contributed by atoms with Crippen LogP contribution in [0.5, 0.6) is 0 Å². The number of likely N-dealkylation sites (tertiary alicyclic amines) is 2. The van der Waals surface area contributed by atoms with Gasteiger partial charge in [0, 0.05) is 44.9 Å². The lowest BCUT2D eigenvalue weighted by Gasteiger charge is -2.38. The molecule has 2 aliphatic heterocycles. The molecule has 1 aromatic carbocycles. The summed E-state index contributed by atoms with van der Waals surface area (Å²) in [6.45, 7) is 6.24. The van der Waals surface area contributed by atoms with E-state index in [-0.39, 0.29) is 11.9 Å². The van der Waals surface area contributed by atoms with Crippen LogP contribution in [0.1, 0.15) is 55.7 Å². The molecule has 0 saturated carbocycles. The molecule has 2 aromatic rings. The number of fused-ring (bicyclic) bond motifs is 1. The van der Waals surface area contributed by atoms with Crippen LogP contribution in [0, 0.1) is 6.92 Å². The van der Waals surface area contributed by atoms with Gasteiger partial charge in [0.2, 0.25) is 5.91 Å². The Balaban J connectivity index is 1.69. The molecule has 3 heterocycles. The van der Waals surface area contributed by atoms with Gasteiger partial charge >= 0.3 is 0 Å². The van der Waals surface area contributed by atoms with Gasteiger partial charge in [0.05, 0.1) is 5.69 Å². The topological polar surface area (TPSA) is 49.6 Å². The first-order valence-electron chi connectivity index (χ1n) is 10.1. The maximum atomic E-state index is 12.4. The summed E-state index contributed by atoms with van der Waals surface area (Å²) in [5.41, 5.74) is 2.32. The Morgan fingerprint density at radius 2 is 2.04 bits per heavy atom. The summed E-state index contributed by atoms with van der Waals surface area (Å²) in [7, 11) is 0. The van der Waals surface area contributed by atoms with E-state index >= 15 is 0 Å². The van der Waals surface area contributed by atoms with E-state index < -0.39 is 0 Å². The Hall–Kier alpha value is -2.14. The minimum absolute atomic E-state index is 0.196. The van der Waals surface area contributed by atoms with E-state index in [9.17, 15) is 4.79 Å². The van der Waals surface area contributed by atoms with Gasteiger partial charge in [0.25, 0.3) is 0 Å². The van der Waals surface area contributed by atoms with Gasteiger partial charge in [-0.05, 0) is 24.9 Å². The molecule has 2 saturated heterocycles. The quantitative estimate of drug-likeness (QED) is 0.829. The van der Waals surface area contributed by atoms with Crippen molar-refractivity contribution >= 4 is 5.91 Å². The summed E-state index contributed by atoms with van der Waals surface area (Å²) in [5.74, 6) is 1.25. The number of aromatic nitrogens is 1. The highest BCUT2D eigenvalue weighted by atomic mass is 16.3. The maximum Gasteiger partial charge on any atom is 0.219 e. The Bertz CT molecular complexity index is 773. The fourth-order valence-electron chi connectivity index (χ4n) is 4.96. The molecule has 144 valence electrons. The standard InChI is InChI=1S/C22H29N3O2/c1-16-23-19(15-27-16)13-24-12-8-4-7-11-21-22(24)20(14-25(21)17(2)26)18-9-5-3-6-10-18/h3,5-6,9-10,15,20-22H,4,7-8,11-14H2,1-2H3/t20-,21-,22-/m0/s1. The van der Waals surface area contributed by atoms with Gasteiger partial charge in [-0.2, -0.15) is 0 Å². The number of hydrogen-bond acceptors (Lipinski definition) is 4. The van der Waals surface area contributed by atoms with E-state index in [0.29, 0.717) is 17.9 Å². The molecule has 1 aromatic heterocycles. The second-order valence-corrected chi connectivity index (χ2v) is 7.92. The number of nitrogens with zero attached hydrogens (tertiary/aromatic N) is 3. The molecule has 0 N–H and O–H groups in total. The predicted molar refractivity (Wildman–Crippen MR) is 104 cm³/mol. The Morgan fingerprint density at radius 3 is 2.74 bits per heavy atom. The number of benzene rings is 1. The normalized spacial score (nSPS) is 26.4. The molecule has 0 radical (unpaired) electrons. The van der Waals surface area contributed by atoms with Gasteiger partial charge in [0.15, 0.2) is 5.89 Å². The SMILES string of the molecule is CC(=O)N1C[C@@H](c2ccccc2)[C@H]2[C@@H]1CCCCCN2Cc1coc(C)n1. The average Bonchev–Trinajstić information content (AvgIpc) is 3.22. The molecule has 0 aliphatic carbocycles. The lowest BCUT2D eigenvalue weighted by molar-refractivity contribution is -0.130. The maximum absolute atomic E-state index is 12.4. The van der Waals surface area contributed by atoms with Gasteiger partial charge in [-0.1, -0.05) is 43.2 Å². The van der Waals surface area contributed by atoms with Crippen LogP contribution in [0.3, 0.4) is 0 Å². The number of aryl methyl sites for hydroxylation is 1. The van der Waals surface area contributed by atoms with Gasteiger partial charge in [0.1, 0.15) is 6.26 Å². The third-order valence-electron chi connectivity index (χ3n) is 6.13. The van der Waals surface area contributed by atoms with E-state index in [1.807, 2.05) is 6.92 Å². The van der Waals surface area contributed by atoms with Crippen molar-refractivity contribution in [2.24, 2.45) is 0 Å². The number of hydrogen-bond donors (Lipinski definition) is 0. The minimum Gasteiger partial charge on any atom is -0.449 e. The molecule has 0 unspecified atom stereocenters. The number of amides is 1. The highest BCUT2D eigenvalue weighted by Gasteiger charge is 2.46. The summed E-state index contributed by atoms with van der Waals surface area (Å²) < 4.78 is 5.44. The summed E-state index contributed by atoms with van der Waals surface area (Å²) >= 11 is 0. The van der Waals surface area contributed by atoms with Crippen LogP contribution in [-0.2, 0) is 11.3 Å². The highest BCUT2D eigenvalue weighted by molar-refractivity contribution is 5.74.